The van der Waals surface area contributed by atoms with Gasteiger partial charge in [0.05, 0.1) is 18.6 Å². The van der Waals surface area contributed by atoms with E-state index in [2.05, 4.69) is 0 Å². The summed E-state index contributed by atoms with van der Waals surface area (Å²) < 4.78 is 5.13. The van der Waals surface area contributed by atoms with Gasteiger partial charge in [-0.2, -0.15) is 0 Å². The molecule has 0 amide bonds. The molecule has 0 bridgehead atoms. The van der Waals surface area contributed by atoms with Crippen molar-refractivity contribution in [1.82, 2.24) is 0 Å². The average molecular weight is 238 g/mol. The van der Waals surface area contributed by atoms with Gasteiger partial charge in [-0.05, 0) is 6.92 Å². The van der Waals surface area contributed by atoms with E-state index in [0.717, 1.165) is 0 Å². The normalized spacial score (nSPS) is 38.9. The van der Waals surface area contributed by atoms with Crippen molar-refractivity contribution in [2.45, 2.75) is 38.1 Å². The Morgan fingerprint density at radius 2 is 2.24 bits per heavy atom. The number of carbonyl (C=O) groups excluding carboxylic acids is 1. The van der Waals surface area contributed by atoms with E-state index in [1.807, 2.05) is 13.0 Å². The number of ether oxygens (including phenoxy) is 1. The first-order chi connectivity index (χ1) is 8.11. The van der Waals surface area contributed by atoms with Crippen molar-refractivity contribution in [3.8, 4) is 0 Å². The third-order valence-corrected chi connectivity index (χ3v) is 3.50. The zero-order chi connectivity index (χ0) is 12.4. The molecule has 0 spiro atoms. The fourth-order valence-electron chi connectivity index (χ4n) is 2.69. The van der Waals surface area contributed by atoms with Crippen molar-refractivity contribution in [3.05, 3.63) is 24.3 Å². The number of fused-ring (bicyclic) bond motifs is 1. The van der Waals surface area contributed by atoms with Crippen LogP contribution in [0.25, 0.3) is 0 Å². The van der Waals surface area contributed by atoms with Crippen molar-refractivity contribution in [3.63, 3.8) is 0 Å². The fourth-order valence-corrected chi connectivity index (χ4v) is 2.69. The molecule has 94 valence electrons. The molecule has 1 heterocycles. The molecule has 1 aliphatic carbocycles. The Hall–Kier alpha value is -1.13. The molecular weight excluding hydrogens is 220 g/mol. The maximum absolute atomic E-state index is 11.2. The van der Waals surface area contributed by atoms with E-state index in [-0.39, 0.29) is 23.9 Å². The molecule has 4 nitrogen and oxygen atoms in total. The van der Waals surface area contributed by atoms with Gasteiger partial charge in [0.25, 0.3) is 0 Å². The van der Waals surface area contributed by atoms with Gasteiger partial charge in [-0.15, -0.1) is 0 Å². The van der Waals surface area contributed by atoms with E-state index < -0.39 is 12.2 Å². The predicted octanol–water partition coefficient (Wildman–Crippen LogP) is 0.792. The molecule has 0 aromatic carbocycles. The number of hydrogen-bond acceptors (Lipinski definition) is 4. The van der Waals surface area contributed by atoms with Crippen LogP contribution in [-0.4, -0.2) is 34.5 Å². The molecule has 0 aromatic rings. The Bertz CT molecular complexity index is 347. The third-order valence-electron chi connectivity index (χ3n) is 3.50. The Labute approximate surface area is 101 Å². The van der Waals surface area contributed by atoms with Gasteiger partial charge in [0.1, 0.15) is 6.10 Å². The largest absolute Gasteiger partial charge is 0.462 e. The minimum atomic E-state index is -0.635. The van der Waals surface area contributed by atoms with Crippen molar-refractivity contribution >= 4 is 5.97 Å². The number of aliphatic hydroxyl groups is 2. The molecule has 17 heavy (non-hydrogen) atoms. The second kappa shape index (κ2) is 5.02. The Kier molecular flexibility index (Phi) is 3.64. The maximum atomic E-state index is 11.2. The lowest BCUT2D eigenvalue weighted by Gasteiger charge is -2.14. The number of rotatable bonds is 3. The summed E-state index contributed by atoms with van der Waals surface area (Å²) in [5.74, 6) is -0.211. The van der Waals surface area contributed by atoms with Crippen LogP contribution < -0.4 is 0 Å². The number of esters is 1. The minimum absolute atomic E-state index is 0.0616. The van der Waals surface area contributed by atoms with Gasteiger partial charge in [-0.25, -0.2) is 0 Å². The third kappa shape index (κ3) is 2.58. The van der Waals surface area contributed by atoms with Gasteiger partial charge >= 0.3 is 5.97 Å². The number of aliphatic hydroxyl groups excluding tert-OH is 2. The highest BCUT2D eigenvalue weighted by Gasteiger charge is 2.48. The minimum Gasteiger partial charge on any atom is -0.462 e. The van der Waals surface area contributed by atoms with Crippen LogP contribution in [0.15, 0.2) is 24.3 Å². The zero-order valence-electron chi connectivity index (χ0n) is 9.82. The molecule has 2 aliphatic rings. The van der Waals surface area contributed by atoms with Gasteiger partial charge < -0.3 is 14.9 Å². The zero-order valence-corrected chi connectivity index (χ0v) is 9.82. The lowest BCUT2D eigenvalue weighted by Crippen LogP contribution is -2.18. The second-order valence-electron chi connectivity index (χ2n) is 4.68. The fraction of sp³-hybridized carbons (Fsp3) is 0.615. The Balaban J connectivity index is 2.02. The lowest BCUT2D eigenvalue weighted by atomic mass is 9.91. The molecule has 2 fully saturated rings. The quantitative estimate of drug-likeness (QED) is 0.563. The molecule has 0 radical (unpaired) electrons. The molecule has 5 atom stereocenters. The highest BCUT2D eigenvalue weighted by molar-refractivity contribution is 5.72. The topological polar surface area (TPSA) is 66.8 Å². The van der Waals surface area contributed by atoms with E-state index in [1.165, 1.54) is 0 Å². The summed E-state index contributed by atoms with van der Waals surface area (Å²) in [4.78, 5) is 11.2. The summed E-state index contributed by atoms with van der Waals surface area (Å²) in [7, 11) is 0. The van der Waals surface area contributed by atoms with Crippen molar-refractivity contribution < 1.29 is 19.7 Å². The van der Waals surface area contributed by atoms with E-state index in [0.29, 0.717) is 12.8 Å². The number of allylic oxidation sites excluding steroid dienone is 1. The van der Waals surface area contributed by atoms with E-state index in [1.54, 1.807) is 18.2 Å². The summed E-state index contributed by atoms with van der Waals surface area (Å²) in [5.41, 5.74) is 0. The van der Waals surface area contributed by atoms with Gasteiger partial charge in [-0.1, -0.05) is 24.3 Å². The van der Waals surface area contributed by atoms with Crippen LogP contribution >= 0.6 is 0 Å². The van der Waals surface area contributed by atoms with Crippen molar-refractivity contribution in [1.29, 1.82) is 0 Å². The highest BCUT2D eigenvalue weighted by atomic mass is 16.6. The van der Waals surface area contributed by atoms with Crippen LogP contribution in [0, 0.1) is 11.8 Å². The molecule has 4 heteroatoms. The van der Waals surface area contributed by atoms with Gasteiger partial charge in [-0.3, -0.25) is 4.79 Å². The summed E-state index contributed by atoms with van der Waals surface area (Å²) in [6.07, 6.45) is 6.50. The van der Waals surface area contributed by atoms with Crippen LogP contribution in [0.2, 0.25) is 0 Å². The molecule has 2 rings (SSSR count). The molecule has 2 N–H and O–H groups in total. The smallest absolute Gasteiger partial charge is 0.306 e. The van der Waals surface area contributed by atoms with Crippen LogP contribution in [0.3, 0.4) is 0 Å². The summed E-state index contributed by atoms with van der Waals surface area (Å²) in [5, 5.41) is 19.4. The van der Waals surface area contributed by atoms with E-state index in [4.69, 9.17) is 4.74 Å². The lowest BCUT2D eigenvalue weighted by molar-refractivity contribution is -0.141. The highest BCUT2D eigenvalue weighted by Crippen LogP contribution is 2.41. The number of hydrogen-bond donors (Lipinski definition) is 2. The van der Waals surface area contributed by atoms with Crippen LogP contribution in [-0.2, 0) is 9.53 Å². The van der Waals surface area contributed by atoms with E-state index in [9.17, 15) is 15.0 Å². The number of carbonyl (C=O) groups is 1. The molecule has 1 saturated carbocycles. The standard InChI is InChI=1S/C13H18O4/c1-2-3-8(14)4-5-9-10-6-13(16)17-12(10)7-11(9)15/h2-5,8-12,14-15H,6-7H2,1H3/b3-2?,5-4+/t8-,9+,10+,11+,12-/m0/s1. The molecule has 1 saturated heterocycles. The maximum Gasteiger partial charge on any atom is 0.306 e. The molecular formula is C13H18O4. The molecule has 1 aliphatic heterocycles. The first kappa shape index (κ1) is 12.3. The monoisotopic (exact) mass is 238 g/mol. The SMILES string of the molecule is CC=C[C@H](O)/C=C/[C@@H]1[C@H]2CC(=O)O[C@H]2C[C@H]1O. The second-order valence-corrected chi connectivity index (χ2v) is 4.68. The van der Waals surface area contributed by atoms with E-state index >= 15 is 0 Å². The summed E-state index contributed by atoms with van der Waals surface area (Å²) in [6.45, 7) is 1.83. The summed E-state index contributed by atoms with van der Waals surface area (Å²) in [6, 6.07) is 0. The Morgan fingerprint density at radius 1 is 1.47 bits per heavy atom. The van der Waals surface area contributed by atoms with Crippen LogP contribution in [0.1, 0.15) is 19.8 Å². The summed E-state index contributed by atoms with van der Waals surface area (Å²) >= 11 is 0. The molecule has 0 unspecified atom stereocenters. The van der Waals surface area contributed by atoms with Crippen LogP contribution in [0.4, 0.5) is 0 Å². The first-order valence-corrected chi connectivity index (χ1v) is 5.98. The van der Waals surface area contributed by atoms with Crippen LogP contribution in [0.5, 0.6) is 0 Å². The predicted molar refractivity (Wildman–Crippen MR) is 62.1 cm³/mol. The van der Waals surface area contributed by atoms with Gasteiger partial charge in [0.15, 0.2) is 0 Å². The van der Waals surface area contributed by atoms with Gasteiger partial charge in [0.2, 0.25) is 0 Å². The van der Waals surface area contributed by atoms with Gasteiger partial charge in [0, 0.05) is 18.3 Å². The molecule has 0 aromatic heterocycles. The average Bonchev–Trinajstić information content (AvgIpc) is 2.71. The first-order valence-electron chi connectivity index (χ1n) is 5.98. The van der Waals surface area contributed by atoms with Crippen molar-refractivity contribution in [2.24, 2.45) is 11.8 Å². The van der Waals surface area contributed by atoms with Crippen molar-refractivity contribution in [2.75, 3.05) is 0 Å². The Morgan fingerprint density at radius 3 is 2.94 bits per heavy atom.